The monoisotopic (exact) mass is 558 g/mol. The molecule has 2 fully saturated rings. The van der Waals surface area contributed by atoms with Crippen LogP contribution in [0.1, 0.15) is 0 Å². The van der Waals surface area contributed by atoms with Gasteiger partial charge >= 0.3 is 47.2 Å². The molecule has 0 amide bonds. The van der Waals surface area contributed by atoms with Gasteiger partial charge in [-0.3, -0.25) is 0 Å². The zero-order chi connectivity index (χ0) is 28.6. The molecule has 0 aromatic rings. The highest BCUT2D eigenvalue weighted by Gasteiger charge is 3.12. The minimum absolute atomic E-state index is 0.0658. The summed E-state index contributed by atoms with van der Waals surface area (Å²) in [7, 11) is 0. The second kappa shape index (κ2) is 7.72. The molecular weight excluding hydrogens is 546 g/mol. The second-order valence-electron chi connectivity index (χ2n) is 7.80. The molecule has 4 nitrogen and oxygen atoms in total. The van der Waals surface area contributed by atoms with Crippen LogP contribution < -0.4 is 0 Å². The first-order chi connectivity index (χ1) is 16.0. The van der Waals surface area contributed by atoms with Crippen molar-refractivity contribution in [2.45, 2.75) is 46.6 Å². The van der Waals surface area contributed by atoms with E-state index in [4.69, 9.17) is 0 Å². The molecular formula is C18H12F14O4. The van der Waals surface area contributed by atoms with Crippen molar-refractivity contribution in [1.82, 2.24) is 0 Å². The van der Waals surface area contributed by atoms with Crippen LogP contribution in [0.5, 0.6) is 0 Å². The molecule has 36 heavy (non-hydrogen) atoms. The van der Waals surface area contributed by atoms with Crippen LogP contribution in [0.25, 0.3) is 0 Å². The molecule has 0 aromatic carbocycles. The second-order valence-corrected chi connectivity index (χ2v) is 7.80. The van der Waals surface area contributed by atoms with Crippen LogP contribution in [0.15, 0.2) is 25.3 Å². The fourth-order valence-electron chi connectivity index (χ4n) is 4.18. The lowest BCUT2D eigenvalue weighted by atomic mass is 9.44. The molecule has 0 aliphatic heterocycles. The molecule has 0 spiro atoms. The van der Waals surface area contributed by atoms with Crippen molar-refractivity contribution < 1.29 is 80.5 Å². The summed E-state index contributed by atoms with van der Waals surface area (Å²) in [6.45, 7) is -5.76. The van der Waals surface area contributed by atoms with Crippen LogP contribution >= 0.6 is 0 Å². The lowest BCUT2D eigenvalue weighted by molar-refractivity contribution is -0.545. The average molecular weight is 558 g/mol. The van der Waals surface area contributed by atoms with Crippen LogP contribution in [0, 0.1) is 5.41 Å². The number of halogens is 14. The van der Waals surface area contributed by atoms with E-state index in [0.29, 0.717) is 0 Å². The quantitative estimate of drug-likeness (QED) is 0.258. The van der Waals surface area contributed by atoms with Gasteiger partial charge in [0, 0.05) is 12.2 Å². The summed E-state index contributed by atoms with van der Waals surface area (Å²) in [5, 5.41) is 0. The first kappa shape index (κ1) is 29.7. The van der Waals surface area contributed by atoms with E-state index in [9.17, 15) is 35.9 Å². The lowest BCUT2D eigenvalue weighted by Gasteiger charge is -2.68. The zero-order valence-corrected chi connectivity index (χ0v) is 17.1. The number of hydrogen-bond donors (Lipinski definition) is 0. The molecule has 0 radical (unpaired) electrons. The Morgan fingerprint density at radius 1 is 0.583 bits per heavy atom. The molecule has 4 atom stereocenters. The van der Waals surface area contributed by atoms with E-state index in [1.807, 2.05) is 0 Å². The number of carbonyl (C=O) groups is 2. The van der Waals surface area contributed by atoms with Crippen molar-refractivity contribution in [3.63, 3.8) is 0 Å². The highest BCUT2D eigenvalue weighted by Crippen LogP contribution is 2.82. The summed E-state index contributed by atoms with van der Waals surface area (Å²) >= 11 is 0. The lowest BCUT2D eigenvalue weighted by Crippen LogP contribution is -2.99. The number of fused-ring (bicyclic) bond motifs is 2. The SMILES string of the molecule is C=CC(=O)OCC1(F)C(F)(F)C2(F)C(F)(F)C(F)(CF)C(F)(F)C(COC(=O)C=C)(C1(F)F)C2(F)F. The maximum absolute atomic E-state index is 15.4. The number of hydrogen-bond acceptors (Lipinski definition) is 4. The van der Waals surface area contributed by atoms with Gasteiger partial charge in [0.05, 0.1) is 0 Å². The van der Waals surface area contributed by atoms with Gasteiger partial charge in [0.15, 0.2) is 0 Å². The largest absolute Gasteiger partial charge is 0.461 e. The van der Waals surface area contributed by atoms with Gasteiger partial charge in [0.1, 0.15) is 19.9 Å². The topological polar surface area (TPSA) is 52.6 Å². The molecule has 4 unspecified atom stereocenters. The van der Waals surface area contributed by atoms with Gasteiger partial charge in [-0.2, -0.15) is 17.6 Å². The van der Waals surface area contributed by atoms with E-state index >= 15 is 35.1 Å². The average Bonchev–Trinajstić information content (AvgIpc) is 2.78. The summed E-state index contributed by atoms with van der Waals surface area (Å²) in [4.78, 5) is 22.3. The third kappa shape index (κ3) is 2.57. The Morgan fingerprint density at radius 3 is 1.33 bits per heavy atom. The van der Waals surface area contributed by atoms with Crippen molar-refractivity contribution in [3.05, 3.63) is 25.3 Å². The van der Waals surface area contributed by atoms with Crippen LogP contribution in [0.2, 0.25) is 0 Å². The summed E-state index contributed by atoms with van der Waals surface area (Å²) in [5.74, 6) is -41.9. The minimum atomic E-state index is -7.70. The molecule has 206 valence electrons. The van der Waals surface area contributed by atoms with Gasteiger partial charge in [-0.1, -0.05) is 13.2 Å². The summed E-state index contributed by atoms with van der Waals surface area (Å²) in [6.07, 6.45) is -0.196. The standard InChI is InChI=1S/C18H12F14O4/c1-3-8(33)35-6-10-14(23,24)11(20,5-19)17(29,30)13(22,16(10,27)28)18(31,32)12(21,15(10,25)26)7-36-9(34)4-2/h3-4H,1-2,5-7H2. The number of ether oxygens (including phenoxy) is 2. The maximum atomic E-state index is 15.4. The highest BCUT2D eigenvalue weighted by molar-refractivity contribution is 5.81. The van der Waals surface area contributed by atoms with Crippen LogP contribution in [0.3, 0.4) is 0 Å². The molecule has 2 rings (SSSR count). The maximum Gasteiger partial charge on any atom is 0.336 e. The van der Waals surface area contributed by atoms with Crippen molar-refractivity contribution >= 4 is 11.9 Å². The Morgan fingerprint density at radius 2 is 0.944 bits per heavy atom. The van der Waals surface area contributed by atoms with E-state index < -0.39 is 83.9 Å². The number of carbonyl (C=O) groups excluding carboxylic acids is 2. The molecule has 0 saturated heterocycles. The van der Waals surface area contributed by atoms with E-state index in [1.165, 1.54) is 0 Å². The molecule has 2 aliphatic carbocycles. The molecule has 2 saturated carbocycles. The van der Waals surface area contributed by atoms with Gasteiger partial charge in [-0.25, -0.2) is 53.5 Å². The van der Waals surface area contributed by atoms with Crippen molar-refractivity contribution in [1.29, 1.82) is 0 Å². The van der Waals surface area contributed by atoms with Crippen molar-refractivity contribution in [3.8, 4) is 0 Å². The van der Waals surface area contributed by atoms with Gasteiger partial charge in [0.25, 0.3) is 11.3 Å². The Kier molecular flexibility index (Phi) is 6.36. The van der Waals surface area contributed by atoms with Gasteiger partial charge < -0.3 is 9.47 Å². The van der Waals surface area contributed by atoms with Crippen molar-refractivity contribution in [2.24, 2.45) is 5.41 Å². The van der Waals surface area contributed by atoms with Gasteiger partial charge in [0.2, 0.25) is 5.41 Å². The number of alkyl halides is 14. The predicted molar refractivity (Wildman–Crippen MR) is 87.0 cm³/mol. The van der Waals surface area contributed by atoms with E-state index in [0.717, 1.165) is 0 Å². The smallest absolute Gasteiger partial charge is 0.336 e. The Labute approximate surface area is 190 Å². The van der Waals surface area contributed by atoms with E-state index in [2.05, 4.69) is 22.6 Å². The molecule has 0 aromatic heterocycles. The minimum Gasteiger partial charge on any atom is -0.461 e. The Hall–Kier alpha value is -2.56. The highest BCUT2D eigenvalue weighted by atomic mass is 19.3. The first-order valence-electron chi connectivity index (χ1n) is 9.07. The number of rotatable bonds is 7. The van der Waals surface area contributed by atoms with Crippen LogP contribution in [0.4, 0.5) is 61.5 Å². The molecule has 0 heterocycles. The summed E-state index contributed by atoms with van der Waals surface area (Å²) < 4.78 is 216. The Balaban J connectivity index is 3.18. The van der Waals surface area contributed by atoms with Crippen molar-refractivity contribution in [2.75, 3.05) is 19.9 Å². The third-order valence-corrected chi connectivity index (χ3v) is 6.26. The van der Waals surface area contributed by atoms with Crippen LogP contribution in [-0.2, 0) is 19.1 Å². The van der Waals surface area contributed by atoms with E-state index in [1.54, 1.807) is 0 Å². The van der Waals surface area contributed by atoms with E-state index in [-0.39, 0.29) is 12.2 Å². The zero-order valence-electron chi connectivity index (χ0n) is 17.1. The summed E-state index contributed by atoms with van der Waals surface area (Å²) in [6, 6.07) is 0. The van der Waals surface area contributed by atoms with Gasteiger partial charge in [-0.05, 0) is 0 Å². The first-order valence-corrected chi connectivity index (χ1v) is 9.07. The molecule has 2 bridgehead atoms. The fraction of sp³-hybridized carbons (Fsp3) is 0.667. The molecule has 0 N–H and O–H groups in total. The molecule has 18 heteroatoms. The van der Waals surface area contributed by atoms with Crippen LogP contribution in [-0.4, -0.2) is 78.4 Å². The molecule has 2 aliphatic rings. The summed E-state index contributed by atoms with van der Waals surface area (Å²) in [5.41, 5.74) is -28.2. The Bertz CT molecular complexity index is 983. The predicted octanol–water partition coefficient (Wildman–Crippen LogP) is 4.73. The van der Waals surface area contributed by atoms with Gasteiger partial charge in [-0.15, -0.1) is 0 Å². The normalized spacial score (nSPS) is 38.9. The third-order valence-electron chi connectivity index (χ3n) is 6.26. The number of esters is 2. The fourth-order valence-corrected chi connectivity index (χ4v) is 4.18.